The van der Waals surface area contributed by atoms with E-state index in [1.165, 1.54) is 0 Å². The molecule has 1 saturated heterocycles. The SMILES string of the molecule is CCc1noc([C@H](C)N2CCN(c3nn4cc(C)nc4s3)CC2)n1. The number of anilines is 1. The summed E-state index contributed by atoms with van der Waals surface area (Å²) in [5.41, 5.74) is 1.00. The normalized spacial score (nSPS) is 17.7. The number of rotatable bonds is 4. The van der Waals surface area contributed by atoms with Gasteiger partial charge in [-0.15, -0.1) is 5.10 Å². The first-order chi connectivity index (χ1) is 11.6. The van der Waals surface area contributed by atoms with Crippen LogP contribution in [0.1, 0.15) is 37.3 Å². The molecule has 24 heavy (non-hydrogen) atoms. The second kappa shape index (κ2) is 6.14. The molecule has 0 bridgehead atoms. The summed E-state index contributed by atoms with van der Waals surface area (Å²) in [6, 6.07) is 0.149. The van der Waals surface area contributed by atoms with Gasteiger partial charge in [-0.05, 0) is 13.8 Å². The van der Waals surface area contributed by atoms with Gasteiger partial charge in [-0.2, -0.15) is 4.98 Å². The molecule has 1 fully saturated rings. The van der Waals surface area contributed by atoms with Crippen molar-refractivity contribution in [1.82, 2.24) is 29.6 Å². The van der Waals surface area contributed by atoms with Crippen LogP contribution in [0.5, 0.6) is 0 Å². The molecule has 0 amide bonds. The molecule has 3 aromatic heterocycles. The zero-order valence-electron chi connectivity index (χ0n) is 14.1. The Hall–Kier alpha value is -2.00. The van der Waals surface area contributed by atoms with Gasteiger partial charge < -0.3 is 9.42 Å². The first-order valence-electron chi connectivity index (χ1n) is 8.28. The van der Waals surface area contributed by atoms with Crippen LogP contribution in [0, 0.1) is 6.92 Å². The van der Waals surface area contributed by atoms with Crippen molar-refractivity contribution in [3.8, 4) is 0 Å². The number of aromatic nitrogens is 5. The highest BCUT2D eigenvalue weighted by molar-refractivity contribution is 7.20. The van der Waals surface area contributed by atoms with E-state index in [9.17, 15) is 0 Å². The molecule has 1 atom stereocenters. The molecular weight excluding hydrogens is 326 g/mol. The number of nitrogens with zero attached hydrogens (tertiary/aromatic N) is 7. The van der Waals surface area contributed by atoms with Crippen LogP contribution in [0.4, 0.5) is 5.13 Å². The quantitative estimate of drug-likeness (QED) is 0.714. The molecular formula is C15H21N7OS. The Bertz CT molecular complexity index is 798. The smallest absolute Gasteiger partial charge is 0.243 e. The summed E-state index contributed by atoms with van der Waals surface area (Å²) in [6.07, 6.45) is 2.77. The summed E-state index contributed by atoms with van der Waals surface area (Å²) >= 11 is 1.64. The molecule has 0 spiro atoms. The third-order valence-electron chi connectivity index (χ3n) is 4.44. The minimum absolute atomic E-state index is 0.149. The molecule has 0 saturated carbocycles. The average molecular weight is 347 g/mol. The van der Waals surface area contributed by atoms with E-state index in [1.54, 1.807) is 11.3 Å². The Morgan fingerprint density at radius 1 is 1.25 bits per heavy atom. The summed E-state index contributed by atoms with van der Waals surface area (Å²) in [7, 11) is 0. The molecule has 0 aliphatic carbocycles. The van der Waals surface area contributed by atoms with Crippen LogP contribution in [0.25, 0.3) is 4.96 Å². The lowest BCUT2D eigenvalue weighted by Crippen LogP contribution is -2.47. The molecule has 1 aliphatic heterocycles. The van der Waals surface area contributed by atoms with Crippen LogP contribution in [0.15, 0.2) is 10.7 Å². The lowest BCUT2D eigenvalue weighted by atomic mass is 10.2. The van der Waals surface area contributed by atoms with Gasteiger partial charge in [0.2, 0.25) is 16.0 Å². The van der Waals surface area contributed by atoms with Crippen molar-refractivity contribution >= 4 is 21.4 Å². The monoisotopic (exact) mass is 347 g/mol. The Balaban J connectivity index is 1.41. The number of aryl methyl sites for hydroxylation is 2. The van der Waals surface area contributed by atoms with E-state index in [0.717, 1.165) is 54.2 Å². The van der Waals surface area contributed by atoms with E-state index in [1.807, 2.05) is 24.6 Å². The molecule has 0 unspecified atom stereocenters. The van der Waals surface area contributed by atoms with Crippen molar-refractivity contribution in [2.75, 3.05) is 31.1 Å². The number of hydrogen-bond acceptors (Lipinski definition) is 8. The predicted molar refractivity (Wildman–Crippen MR) is 91.5 cm³/mol. The van der Waals surface area contributed by atoms with Gasteiger partial charge in [0.15, 0.2) is 5.82 Å². The van der Waals surface area contributed by atoms with Crippen LogP contribution in [0.2, 0.25) is 0 Å². The summed E-state index contributed by atoms with van der Waals surface area (Å²) in [6.45, 7) is 9.93. The second-order valence-electron chi connectivity index (χ2n) is 6.10. The topological polar surface area (TPSA) is 75.6 Å². The van der Waals surface area contributed by atoms with Crippen LogP contribution in [0.3, 0.4) is 0 Å². The Kier molecular flexibility index (Phi) is 3.97. The van der Waals surface area contributed by atoms with Gasteiger partial charge >= 0.3 is 0 Å². The molecule has 1 aliphatic rings. The molecule has 3 aromatic rings. The van der Waals surface area contributed by atoms with E-state index in [0.29, 0.717) is 5.89 Å². The van der Waals surface area contributed by atoms with Gasteiger partial charge in [-0.3, -0.25) is 4.90 Å². The lowest BCUT2D eigenvalue weighted by molar-refractivity contribution is 0.164. The van der Waals surface area contributed by atoms with Gasteiger partial charge in [-0.1, -0.05) is 23.4 Å². The van der Waals surface area contributed by atoms with Crippen LogP contribution >= 0.6 is 11.3 Å². The summed E-state index contributed by atoms with van der Waals surface area (Å²) in [4.78, 5) is 14.6. The second-order valence-corrected chi connectivity index (χ2v) is 7.03. The fourth-order valence-electron chi connectivity index (χ4n) is 2.96. The van der Waals surface area contributed by atoms with E-state index < -0.39 is 0 Å². The minimum Gasteiger partial charge on any atom is -0.344 e. The third kappa shape index (κ3) is 2.78. The molecule has 0 N–H and O–H groups in total. The molecule has 128 valence electrons. The number of imidazole rings is 1. The van der Waals surface area contributed by atoms with Crippen molar-refractivity contribution in [3.63, 3.8) is 0 Å². The highest BCUT2D eigenvalue weighted by atomic mass is 32.1. The summed E-state index contributed by atoms with van der Waals surface area (Å²) in [5.74, 6) is 1.49. The molecule has 8 nitrogen and oxygen atoms in total. The fraction of sp³-hybridized carbons (Fsp3) is 0.600. The largest absolute Gasteiger partial charge is 0.344 e. The van der Waals surface area contributed by atoms with Crippen LogP contribution < -0.4 is 4.90 Å². The summed E-state index contributed by atoms with van der Waals surface area (Å²) in [5, 5.41) is 9.67. The van der Waals surface area contributed by atoms with Gasteiger partial charge in [0.1, 0.15) is 0 Å². The number of piperazine rings is 1. The third-order valence-corrected chi connectivity index (χ3v) is 5.43. The molecule has 4 rings (SSSR count). The lowest BCUT2D eigenvalue weighted by Gasteiger charge is -2.36. The van der Waals surface area contributed by atoms with Crippen LogP contribution in [-0.4, -0.2) is 55.8 Å². The maximum absolute atomic E-state index is 5.38. The van der Waals surface area contributed by atoms with E-state index >= 15 is 0 Å². The number of hydrogen-bond donors (Lipinski definition) is 0. The first-order valence-corrected chi connectivity index (χ1v) is 9.10. The number of fused-ring (bicyclic) bond motifs is 1. The van der Waals surface area contributed by atoms with Crippen molar-refractivity contribution in [1.29, 1.82) is 0 Å². The van der Waals surface area contributed by atoms with Gasteiger partial charge in [-0.25, -0.2) is 9.50 Å². The molecule has 4 heterocycles. The Morgan fingerprint density at radius 3 is 2.71 bits per heavy atom. The van der Waals surface area contributed by atoms with Crippen molar-refractivity contribution in [3.05, 3.63) is 23.6 Å². The van der Waals surface area contributed by atoms with Crippen LogP contribution in [-0.2, 0) is 6.42 Å². The van der Waals surface area contributed by atoms with Gasteiger partial charge in [0.05, 0.1) is 17.9 Å². The van der Waals surface area contributed by atoms with Crippen molar-refractivity contribution in [2.45, 2.75) is 33.2 Å². The zero-order chi connectivity index (χ0) is 16.7. The standard InChI is InChI=1S/C15H21N7OS/c1-4-12-17-13(23-19-12)11(3)20-5-7-21(8-6-20)15-18-22-9-10(2)16-14(22)24-15/h9,11H,4-8H2,1-3H3/t11-/m0/s1. The molecule has 0 aromatic carbocycles. The van der Waals surface area contributed by atoms with Gasteiger partial charge in [0.25, 0.3) is 0 Å². The highest BCUT2D eigenvalue weighted by Crippen LogP contribution is 2.26. The van der Waals surface area contributed by atoms with E-state index in [2.05, 4.69) is 36.9 Å². The first kappa shape index (κ1) is 15.5. The average Bonchev–Trinajstić information content (AvgIpc) is 3.28. The van der Waals surface area contributed by atoms with Gasteiger partial charge in [0, 0.05) is 32.6 Å². The minimum atomic E-state index is 0.149. The maximum Gasteiger partial charge on any atom is 0.243 e. The molecule has 9 heteroatoms. The maximum atomic E-state index is 5.38. The predicted octanol–water partition coefficient (Wildman–Crippen LogP) is 1.93. The highest BCUT2D eigenvalue weighted by Gasteiger charge is 2.27. The van der Waals surface area contributed by atoms with E-state index in [4.69, 9.17) is 4.52 Å². The molecule has 0 radical (unpaired) electrons. The Morgan fingerprint density at radius 2 is 2.04 bits per heavy atom. The van der Waals surface area contributed by atoms with Crippen molar-refractivity contribution in [2.24, 2.45) is 0 Å². The zero-order valence-corrected chi connectivity index (χ0v) is 15.0. The van der Waals surface area contributed by atoms with E-state index in [-0.39, 0.29) is 6.04 Å². The summed E-state index contributed by atoms with van der Waals surface area (Å²) < 4.78 is 7.25. The Labute approximate surface area is 144 Å². The van der Waals surface area contributed by atoms with Crippen molar-refractivity contribution < 1.29 is 4.52 Å². The fourth-order valence-corrected chi connectivity index (χ4v) is 3.94.